The molecule has 1 aliphatic rings. The first-order valence-electron chi connectivity index (χ1n) is 4.10. The van der Waals surface area contributed by atoms with Crippen molar-refractivity contribution in [2.24, 2.45) is 0 Å². The maximum Gasteiger partial charge on any atom is 0.327 e. The molecule has 0 aromatic carbocycles. The topological polar surface area (TPSA) is 55.8 Å². The SMILES string of the molecule is COCC(C)N1CC(=O)OC(=O)C1. The molecular weight excluding hydrogens is 174 g/mol. The maximum atomic E-state index is 10.9. The fourth-order valence-electron chi connectivity index (χ4n) is 1.24. The van der Waals surface area contributed by atoms with E-state index in [4.69, 9.17) is 4.74 Å². The van der Waals surface area contributed by atoms with Crippen LogP contribution < -0.4 is 0 Å². The van der Waals surface area contributed by atoms with Gasteiger partial charge in [0.05, 0.1) is 19.7 Å². The summed E-state index contributed by atoms with van der Waals surface area (Å²) in [5.74, 6) is -0.974. The van der Waals surface area contributed by atoms with Crippen LogP contribution in [0.25, 0.3) is 0 Å². The van der Waals surface area contributed by atoms with E-state index in [1.807, 2.05) is 6.92 Å². The number of esters is 2. The van der Waals surface area contributed by atoms with Crippen LogP contribution in [0.1, 0.15) is 6.92 Å². The normalized spacial score (nSPS) is 21.4. The van der Waals surface area contributed by atoms with Crippen molar-refractivity contribution in [3.63, 3.8) is 0 Å². The summed E-state index contributed by atoms with van der Waals surface area (Å²) in [4.78, 5) is 23.5. The molecule has 5 nitrogen and oxygen atoms in total. The highest BCUT2D eigenvalue weighted by atomic mass is 16.6. The van der Waals surface area contributed by atoms with Crippen molar-refractivity contribution in [3.8, 4) is 0 Å². The number of methoxy groups -OCH3 is 1. The Bertz CT molecular complexity index is 200. The second kappa shape index (κ2) is 4.34. The second-order valence-corrected chi connectivity index (χ2v) is 3.06. The molecule has 1 aliphatic heterocycles. The number of rotatable bonds is 3. The third-order valence-electron chi connectivity index (χ3n) is 1.92. The molecule has 1 saturated heterocycles. The molecule has 13 heavy (non-hydrogen) atoms. The number of hydrogen-bond acceptors (Lipinski definition) is 5. The predicted octanol–water partition coefficient (Wildman–Crippen LogP) is -0.593. The van der Waals surface area contributed by atoms with E-state index in [1.165, 1.54) is 0 Å². The van der Waals surface area contributed by atoms with Gasteiger partial charge in [0.2, 0.25) is 0 Å². The Morgan fingerprint density at radius 3 is 2.46 bits per heavy atom. The quantitative estimate of drug-likeness (QED) is 0.436. The van der Waals surface area contributed by atoms with Crippen LogP contribution in [-0.2, 0) is 19.1 Å². The maximum absolute atomic E-state index is 10.9. The lowest BCUT2D eigenvalue weighted by Crippen LogP contribution is -2.48. The van der Waals surface area contributed by atoms with Gasteiger partial charge in [-0.2, -0.15) is 0 Å². The van der Waals surface area contributed by atoms with E-state index >= 15 is 0 Å². The van der Waals surface area contributed by atoms with Gasteiger partial charge in [0.1, 0.15) is 0 Å². The second-order valence-electron chi connectivity index (χ2n) is 3.06. The van der Waals surface area contributed by atoms with Gasteiger partial charge >= 0.3 is 11.9 Å². The van der Waals surface area contributed by atoms with Crippen LogP contribution in [0, 0.1) is 0 Å². The number of nitrogens with zero attached hydrogens (tertiary/aromatic N) is 1. The van der Waals surface area contributed by atoms with Crippen LogP contribution in [0.5, 0.6) is 0 Å². The lowest BCUT2D eigenvalue weighted by molar-refractivity contribution is -0.168. The third-order valence-corrected chi connectivity index (χ3v) is 1.92. The lowest BCUT2D eigenvalue weighted by atomic mass is 10.2. The molecule has 0 radical (unpaired) electrons. The molecule has 0 spiro atoms. The van der Waals surface area contributed by atoms with E-state index in [9.17, 15) is 9.59 Å². The molecule has 0 saturated carbocycles. The fourth-order valence-corrected chi connectivity index (χ4v) is 1.24. The van der Waals surface area contributed by atoms with Gasteiger partial charge in [-0.3, -0.25) is 14.5 Å². The number of ether oxygens (including phenoxy) is 2. The lowest BCUT2D eigenvalue weighted by Gasteiger charge is -2.29. The predicted molar refractivity (Wildman–Crippen MR) is 44.0 cm³/mol. The molecule has 0 N–H and O–H groups in total. The standard InChI is InChI=1S/C8H13NO4/c1-6(5-12-2)9-3-7(10)13-8(11)4-9/h6H,3-5H2,1-2H3. The van der Waals surface area contributed by atoms with E-state index in [-0.39, 0.29) is 19.1 Å². The highest BCUT2D eigenvalue weighted by Gasteiger charge is 2.27. The number of cyclic esters (lactones) is 2. The Morgan fingerprint density at radius 1 is 1.46 bits per heavy atom. The van der Waals surface area contributed by atoms with E-state index in [1.54, 1.807) is 12.0 Å². The first kappa shape index (κ1) is 10.1. The van der Waals surface area contributed by atoms with Gasteiger partial charge in [0.25, 0.3) is 0 Å². The molecule has 1 fully saturated rings. The summed E-state index contributed by atoms with van der Waals surface area (Å²) in [7, 11) is 1.58. The summed E-state index contributed by atoms with van der Waals surface area (Å²) in [6.07, 6.45) is 0. The molecule has 0 aromatic rings. The van der Waals surface area contributed by atoms with E-state index in [0.29, 0.717) is 6.61 Å². The van der Waals surface area contributed by atoms with Crippen molar-refractivity contribution in [3.05, 3.63) is 0 Å². The molecule has 1 heterocycles. The Labute approximate surface area is 76.6 Å². The summed E-state index contributed by atoms with van der Waals surface area (Å²) in [6.45, 7) is 2.72. The average molecular weight is 187 g/mol. The zero-order valence-corrected chi connectivity index (χ0v) is 7.78. The monoisotopic (exact) mass is 187 g/mol. The highest BCUT2D eigenvalue weighted by Crippen LogP contribution is 2.05. The summed E-state index contributed by atoms with van der Waals surface area (Å²) in [6, 6.07) is 0.0572. The Hall–Kier alpha value is -0.940. The molecule has 1 unspecified atom stereocenters. The van der Waals surface area contributed by atoms with Gasteiger partial charge in [-0.05, 0) is 6.92 Å². The summed E-state index contributed by atoms with van der Waals surface area (Å²) in [5.41, 5.74) is 0. The Balaban J connectivity index is 2.49. The van der Waals surface area contributed by atoms with Gasteiger partial charge in [-0.1, -0.05) is 0 Å². The van der Waals surface area contributed by atoms with E-state index in [0.717, 1.165) is 0 Å². The highest BCUT2D eigenvalue weighted by molar-refractivity contribution is 5.90. The first-order valence-corrected chi connectivity index (χ1v) is 4.10. The molecule has 0 aliphatic carbocycles. The minimum Gasteiger partial charge on any atom is -0.391 e. The van der Waals surface area contributed by atoms with Crippen LogP contribution in [0.15, 0.2) is 0 Å². The smallest absolute Gasteiger partial charge is 0.327 e. The zero-order chi connectivity index (χ0) is 9.84. The van der Waals surface area contributed by atoms with Gasteiger partial charge in [-0.15, -0.1) is 0 Å². The minimum atomic E-state index is -0.487. The van der Waals surface area contributed by atoms with Gasteiger partial charge in [0.15, 0.2) is 0 Å². The molecule has 0 amide bonds. The summed E-state index contributed by atoms with van der Waals surface area (Å²) >= 11 is 0. The summed E-state index contributed by atoms with van der Waals surface area (Å²) < 4.78 is 9.31. The zero-order valence-electron chi connectivity index (χ0n) is 7.78. The van der Waals surface area contributed by atoms with Crippen molar-refractivity contribution in [1.82, 2.24) is 4.90 Å². The van der Waals surface area contributed by atoms with E-state index < -0.39 is 11.9 Å². The average Bonchev–Trinajstić information content (AvgIpc) is 2.03. The van der Waals surface area contributed by atoms with Crippen LogP contribution in [-0.4, -0.2) is 49.7 Å². The van der Waals surface area contributed by atoms with Gasteiger partial charge in [-0.25, -0.2) is 0 Å². The third kappa shape index (κ3) is 2.78. The van der Waals surface area contributed by atoms with E-state index in [2.05, 4.69) is 4.74 Å². The van der Waals surface area contributed by atoms with Crippen molar-refractivity contribution in [2.45, 2.75) is 13.0 Å². The molecule has 5 heteroatoms. The first-order chi connectivity index (χ1) is 6.13. The van der Waals surface area contributed by atoms with Crippen LogP contribution in [0.2, 0.25) is 0 Å². The molecule has 1 atom stereocenters. The van der Waals surface area contributed by atoms with Gasteiger partial charge < -0.3 is 9.47 Å². The summed E-state index contributed by atoms with van der Waals surface area (Å²) in [5, 5.41) is 0. The van der Waals surface area contributed by atoms with Crippen molar-refractivity contribution < 1.29 is 19.1 Å². The minimum absolute atomic E-state index is 0.0572. The van der Waals surface area contributed by atoms with Gasteiger partial charge in [0, 0.05) is 13.2 Å². The van der Waals surface area contributed by atoms with Crippen molar-refractivity contribution >= 4 is 11.9 Å². The molecule has 1 rings (SSSR count). The largest absolute Gasteiger partial charge is 0.391 e. The van der Waals surface area contributed by atoms with Crippen LogP contribution in [0.4, 0.5) is 0 Å². The number of carbonyl (C=O) groups is 2. The Morgan fingerprint density at radius 2 is 2.00 bits per heavy atom. The molecule has 74 valence electrons. The number of hydrogen-bond donors (Lipinski definition) is 0. The Kier molecular flexibility index (Phi) is 3.39. The fraction of sp³-hybridized carbons (Fsp3) is 0.750. The molecule has 0 bridgehead atoms. The molecule has 0 aromatic heterocycles. The van der Waals surface area contributed by atoms with Crippen molar-refractivity contribution in [2.75, 3.05) is 26.8 Å². The molecular formula is C8H13NO4. The van der Waals surface area contributed by atoms with Crippen LogP contribution >= 0.6 is 0 Å². The van der Waals surface area contributed by atoms with Crippen molar-refractivity contribution in [1.29, 1.82) is 0 Å². The number of morpholine rings is 1. The number of carbonyl (C=O) groups excluding carboxylic acids is 2. The van der Waals surface area contributed by atoms with Crippen LogP contribution in [0.3, 0.4) is 0 Å².